The third kappa shape index (κ3) is 3.05. The molecule has 0 saturated carbocycles. The van der Waals surface area contributed by atoms with E-state index in [-0.39, 0.29) is 0 Å². The van der Waals surface area contributed by atoms with Crippen LogP contribution in [0.1, 0.15) is 20.3 Å². The molecule has 0 spiro atoms. The zero-order valence-electron chi connectivity index (χ0n) is 4.73. The minimum Gasteiger partial charge on any atom is -0.198 e. The number of allylic oxidation sites excluding steroid dienone is 2. The Morgan fingerprint density at radius 1 is 1.86 bits per heavy atom. The molecule has 1 nitrogen and oxygen atoms in total. The van der Waals surface area contributed by atoms with E-state index in [1.807, 2.05) is 19.9 Å². The van der Waals surface area contributed by atoms with Crippen LogP contribution in [-0.4, -0.2) is 0 Å². The van der Waals surface area contributed by atoms with Gasteiger partial charge >= 0.3 is 0 Å². The maximum Gasteiger partial charge on any atom is 0.0666 e. The average Bonchev–Trinajstić information content (AvgIpc) is 1.68. The fourth-order valence-corrected chi connectivity index (χ4v) is 0.227. The molecule has 38 valence electrons. The zero-order valence-corrected chi connectivity index (χ0v) is 4.73. The number of nitriles is 1. The van der Waals surface area contributed by atoms with Crippen molar-refractivity contribution >= 4 is 0 Å². The normalized spacial score (nSPS) is 10.7. The molecule has 0 aromatic heterocycles. The molecule has 0 aromatic carbocycles. The monoisotopic (exact) mass is 95.1 g/mol. The predicted molar refractivity (Wildman–Crippen MR) is 29.7 cm³/mol. The van der Waals surface area contributed by atoms with E-state index in [1.165, 1.54) is 0 Å². The molecule has 0 N–H and O–H groups in total. The van der Waals surface area contributed by atoms with Gasteiger partial charge in [0.2, 0.25) is 0 Å². The van der Waals surface area contributed by atoms with Crippen LogP contribution in [0.3, 0.4) is 0 Å². The second-order valence-corrected chi connectivity index (χ2v) is 1.47. The maximum absolute atomic E-state index is 8.08. The van der Waals surface area contributed by atoms with E-state index in [0.29, 0.717) is 6.42 Å². The first kappa shape index (κ1) is 6.23. The minimum atomic E-state index is 0.566. The van der Waals surface area contributed by atoms with Crippen molar-refractivity contribution in [3.05, 3.63) is 11.6 Å². The Morgan fingerprint density at radius 2 is 2.43 bits per heavy atom. The highest BCUT2D eigenvalue weighted by atomic mass is 14.2. The largest absolute Gasteiger partial charge is 0.198 e. The van der Waals surface area contributed by atoms with Gasteiger partial charge in [-0.3, -0.25) is 0 Å². The number of hydrogen-bond donors (Lipinski definition) is 0. The molecule has 0 bridgehead atoms. The van der Waals surface area contributed by atoms with Gasteiger partial charge in [0.25, 0.3) is 0 Å². The van der Waals surface area contributed by atoms with E-state index in [4.69, 9.17) is 5.26 Å². The van der Waals surface area contributed by atoms with Crippen LogP contribution in [0, 0.1) is 11.3 Å². The third-order valence-corrected chi connectivity index (χ3v) is 0.851. The molecule has 0 atom stereocenters. The average molecular weight is 95.1 g/mol. The molecular formula is C6H9N. The summed E-state index contributed by atoms with van der Waals surface area (Å²) in [7, 11) is 0. The summed E-state index contributed by atoms with van der Waals surface area (Å²) >= 11 is 0. The molecule has 0 saturated heterocycles. The van der Waals surface area contributed by atoms with Gasteiger partial charge in [0.15, 0.2) is 0 Å². The number of hydrogen-bond acceptors (Lipinski definition) is 1. The first-order valence-electron chi connectivity index (χ1n) is 2.30. The molecule has 0 aliphatic rings. The minimum absolute atomic E-state index is 0.566. The van der Waals surface area contributed by atoms with E-state index < -0.39 is 0 Å². The van der Waals surface area contributed by atoms with Crippen LogP contribution < -0.4 is 0 Å². The molecule has 0 radical (unpaired) electrons. The van der Waals surface area contributed by atoms with Gasteiger partial charge in [0.05, 0.1) is 12.5 Å². The first-order valence-corrected chi connectivity index (χ1v) is 2.30. The van der Waals surface area contributed by atoms with Crippen LogP contribution in [0.4, 0.5) is 0 Å². The molecule has 0 aromatic rings. The van der Waals surface area contributed by atoms with Crippen LogP contribution >= 0.6 is 0 Å². The van der Waals surface area contributed by atoms with Crippen LogP contribution in [-0.2, 0) is 0 Å². The number of nitrogens with zero attached hydrogens (tertiary/aromatic N) is 1. The Hall–Kier alpha value is -0.770. The van der Waals surface area contributed by atoms with Gasteiger partial charge in [0, 0.05) is 0 Å². The Balaban J connectivity index is 3.43. The molecular weight excluding hydrogens is 86.1 g/mol. The lowest BCUT2D eigenvalue weighted by Gasteiger charge is -1.82. The van der Waals surface area contributed by atoms with Gasteiger partial charge in [0.1, 0.15) is 0 Å². The molecule has 0 aliphatic carbocycles. The van der Waals surface area contributed by atoms with Crippen LogP contribution in [0.25, 0.3) is 0 Å². The molecule has 1 heteroatoms. The van der Waals surface area contributed by atoms with E-state index in [2.05, 4.69) is 6.07 Å². The summed E-state index contributed by atoms with van der Waals surface area (Å²) in [5, 5.41) is 8.08. The van der Waals surface area contributed by atoms with Gasteiger partial charge in [-0.05, 0) is 13.8 Å². The van der Waals surface area contributed by atoms with Crippen molar-refractivity contribution in [2.75, 3.05) is 0 Å². The van der Waals surface area contributed by atoms with Crippen LogP contribution in [0.5, 0.6) is 0 Å². The number of rotatable bonds is 1. The predicted octanol–water partition coefficient (Wildman–Crippen LogP) is 1.87. The first-order chi connectivity index (χ1) is 3.31. The lowest BCUT2D eigenvalue weighted by atomic mass is 10.2. The summed E-state index contributed by atoms with van der Waals surface area (Å²) < 4.78 is 0. The van der Waals surface area contributed by atoms with Gasteiger partial charge in [-0.1, -0.05) is 11.6 Å². The zero-order chi connectivity index (χ0) is 5.70. The molecule has 0 amide bonds. The Labute approximate surface area is 44.3 Å². The summed E-state index contributed by atoms with van der Waals surface area (Å²) in [6, 6.07) is 2.05. The summed E-state index contributed by atoms with van der Waals surface area (Å²) in [5.41, 5.74) is 1.14. The van der Waals surface area contributed by atoms with Crippen molar-refractivity contribution in [3.8, 4) is 6.07 Å². The molecule has 0 heterocycles. The molecule has 7 heavy (non-hydrogen) atoms. The summed E-state index contributed by atoms with van der Waals surface area (Å²) in [6.45, 7) is 3.88. The fourth-order valence-electron chi connectivity index (χ4n) is 0.227. The summed E-state index contributed by atoms with van der Waals surface area (Å²) in [5.74, 6) is 0. The van der Waals surface area contributed by atoms with Gasteiger partial charge in [-0.25, -0.2) is 0 Å². The van der Waals surface area contributed by atoms with Crippen molar-refractivity contribution in [2.24, 2.45) is 0 Å². The van der Waals surface area contributed by atoms with E-state index >= 15 is 0 Å². The lowest BCUT2D eigenvalue weighted by molar-refractivity contribution is 1.20. The SMILES string of the molecule is CC=C(C)CC#N. The second-order valence-electron chi connectivity index (χ2n) is 1.47. The van der Waals surface area contributed by atoms with Gasteiger partial charge in [-0.15, -0.1) is 0 Å². The molecule has 0 aliphatic heterocycles. The van der Waals surface area contributed by atoms with Crippen molar-refractivity contribution in [1.29, 1.82) is 5.26 Å². The summed E-state index contributed by atoms with van der Waals surface area (Å²) in [4.78, 5) is 0. The van der Waals surface area contributed by atoms with E-state index in [0.717, 1.165) is 5.57 Å². The quantitative estimate of drug-likeness (QED) is 0.456. The van der Waals surface area contributed by atoms with Crippen molar-refractivity contribution in [1.82, 2.24) is 0 Å². The summed E-state index contributed by atoms with van der Waals surface area (Å²) in [6.07, 6.45) is 2.51. The van der Waals surface area contributed by atoms with Crippen LogP contribution in [0.2, 0.25) is 0 Å². The second kappa shape index (κ2) is 3.42. The van der Waals surface area contributed by atoms with E-state index in [1.54, 1.807) is 0 Å². The maximum atomic E-state index is 8.08. The highest BCUT2D eigenvalue weighted by Crippen LogP contribution is 1.94. The van der Waals surface area contributed by atoms with E-state index in [9.17, 15) is 0 Å². The molecule has 0 unspecified atom stereocenters. The Morgan fingerprint density at radius 3 is 2.57 bits per heavy atom. The van der Waals surface area contributed by atoms with Crippen molar-refractivity contribution in [2.45, 2.75) is 20.3 Å². The standard InChI is InChI=1S/C6H9N/c1-3-6(2)4-5-7/h3H,4H2,1-2H3. The van der Waals surface area contributed by atoms with Gasteiger partial charge < -0.3 is 0 Å². The fraction of sp³-hybridized carbons (Fsp3) is 0.500. The smallest absolute Gasteiger partial charge is 0.0666 e. The van der Waals surface area contributed by atoms with Gasteiger partial charge in [-0.2, -0.15) is 5.26 Å². The lowest BCUT2D eigenvalue weighted by Crippen LogP contribution is -1.67. The van der Waals surface area contributed by atoms with Crippen molar-refractivity contribution < 1.29 is 0 Å². The Kier molecular flexibility index (Phi) is 3.04. The van der Waals surface area contributed by atoms with Crippen LogP contribution in [0.15, 0.2) is 11.6 Å². The highest BCUT2D eigenvalue weighted by Gasteiger charge is 1.79. The molecule has 0 rings (SSSR count). The Bertz CT molecular complexity index is 106. The highest BCUT2D eigenvalue weighted by molar-refractivity contribution is 5.02. The third-order valence-electron chi connectivity index (χ3n) is 0.851. The molecule has 0 fully saturated rings. The topological polar surface area (TPSA) is 23.8 Å². The van der Waals surface area contributed by atoms with Crippen molar-refractivity contribution in [3.63, 3.8) is 0 Å².